The van der Waals surface area contributed by atoms with E-state index in [0.29, 0.717) is 33.2 Å². The van der Waals surface area contributed by atoms with Crippen molar-refractivity contribution in [3.05, 3.63) is 182 Å². The Morgan fingerprint density at radius 3 is 1.71 bits per heavy atom. The van der Waals surface area contributed by atoms with Gasteiger partial charge in [-0.15, -0.1) is 0 Å². The first-order valence-corrected chi connectivity index (χ1v) is 16.9. The van der Waals surface area contributed by atoms with E-state index in [2.05, 4.69) is 30.3 Å². The van der Waals surface area contributed by atoms with Gasteiger partial charge in [-0.1, -0.05) is 164 Å². The summed E-state index contributed by atoms with van der Waals surface area (Å²) >= 11 is 0. The van der Waals surface area contributed by atoms with Crippen LogP contribution in [0.1, 0.15) is 11.0 Å². The Hall–Kier alpha value is -6.70. The largest absolute Gasteiger partial charge is 0.455 e. The Labute approximate surface area is 305 Å². The molecule has 11 aromatic rings. The molecule has 0 aliphatic carbocycles. The lowest BCUT2D eigenvalue weighted by Crippen LogP contribution is -1.92. The summed E-state index contributed by atoms with van der Waals surface area (Å²) in [6, 6.07) is 40.7. The van der Waals surface area contributed by atoms with E-state index < -0.39 is 24.2 Å². The quantitative estimate of drug-likeness (QED) is 0.136. The second kappa shape index (κ2) is 10.9. The van der Waals surface area contributed by atoms with Crippen LogP contribution in [0.25, 0.3) is 109 Å². The van der Waals surface area contributed by atoms with E-state index in [-0.39, 0.29) is 51.3 Å². The lowest BCUT2D eigenvalue weighted by atomic mass is 9.84. The van der Waals surface area contributed by atoms with Gasteiger partial charge in [-0.3, -0.25) is 0 Å². The maximum atomic E-state index is 9.54. The minimum Gasteiger partial charge on any atom is -0.455 e. The van der Waals surface area contributed by atoms with Crippen molar-refractivity contribution in [3.63, 3.8) is 0 Å². The summed E-state index contributed by atoms with van der Waals surface area (Å²) in [7, 11) is 0. The monoisotopic (exact) mass is 654 g/mol. The Bertz CT molecular complexity index is 3580. The molecular weight excluding hydrogens is 617 g/mol. The zero-order chi connectivity index (χ0) is 40.4. The van der Waals surface area contributed by atoms with Crippen molar-refractivity contribution in [1.29, 1.82) is 0 Å². The predicted molar refractivity (Wildman–Crippen MR) is 218 cm³/mol. The number of fused-ring (bicyclic) bond motifs is 10. The van der Waals surface area contributed by atoms with Gasteiger partial charge in [-0.2, -0.15) is 0 Å². The second-order valence-corrected chi connectivity index (χ2v) is 13.0. The maximum Gasteiger partial charge on any atom is 0.143 e. The lowest BCUT2D eigenvalue weighted by Gasteiger charge is -2.19. The molecular formula is C50H30O. The number of benzene rings is 10. The average molecular weight is 655 g/mol. The van der Waals surface area contributed by atoms with E-state index in [9.17, 15) is 5.48 Å². The Morgan fingerprint density at radius 1 is 0.373 bits per heavy atom. The van der Waals surface area contributed by atoms with Crippen molar-refractivity contribution in [1.82, 2.24) is 0 Å². The molecule has 1 aromatic heterocycles. The van der Waals surface area contributed by atoms with E-state index in [1.54, 1.807) is 0 Å². The molecule has 0 saturated carbocycles. The molecule has 0 bridgehead atoms. The topological polar surface area (TPSA) is 13.1 Å². The van der Waals surface area contributed by atoms with Gasteiger partial charge in [-0.25, -0.2) is 0 Å². The highest BCUT2D eigenvalue weighted by Gasteiger charge is 2.21. The highest BCUT2D eigenvalue weighted by molar-refractivity contribution is 6.27. The highest BCUT2D eigenvalue weighted by atomic mass is 16.3. The molecule has 1 heteroatoms. The van der Waals surface area contributed by atoms with Gasteiger partial charge < -0.3 is 4.42 Å². The first kappa shape index (κ1) is 21.4. The number of hydrogen-bond acceptors (Lipinski definition) is 1. The van der Waals surface area contributed by atoms with E-state index in [1.165, 1.54) is 0 Å². The molecule has 0 amide bonds. The van der Waals surface area contributed by atoms with Crippen LogP contribution in [0.3, 0.4) is 0 Å². The van der Waals surface area contributed by atoms with Crippen molar-refractivity contribution in [2.24, 2.45) is 0 Å². The summed E-state index contributed by atoms with van der Waals surface area (Å²) in [6.07, 6.45) is 0. The first-order valence-electron chi connectivity index (χ1n) is 20.9. The van der Waals surface area contributed by atoms with E-state index in [0.717, 1.165) is 48.8 Å². The summed E-state index contributed by atoms with van der Waals surface area (Å²) in [5, 5.41) is 8.36. The molecule has 10 aromatic carbocycles. The Kier molecular flexibility index (Phi) is 4.57. The maximum absolute atomic E-state index is 9.54. The van der Waals surface area contributed by atoms with Gasteiger partial charge in [0.15, 0.2) is 0 Å². The van der Waals surface area contributed by atoms with Crippen LogP contribution in [-0.2, 0) is 0 Å². The first-order chi connectivity index (χ1) is 28.6. The number of hydrogen-bond donors (Lipinski definition) is 0. The number of furan rings is 1. The summed E-state index contributed by atoms with van der Waals surface area (Å²) in [6.45, 7) is 0. The smallest absolute Gasteiger partial charge is 0.143 e. The normalized spacial score (nSPS) is 14.1. The molecule has 0 spiro atoms. The number of rotatable bonds is 3. The molecule has 51 heavy (non-hydrogen) atoms. The van der Waals surface area contributed by atoms with E-state index in [1.807, 2.05) is 103 Å². The van der Waals surface area contributed by atoms with Crippen LogP contribution in [0.4, 0.5) is 0 Å². The van der Waals surface area contributed by atoms with Crippen LogP contribution in [0.15, 0.2) is 186 Å². The Balaban J connectivity index is 1.31. The van der Waals surface area contributed by atoms with Crippen molar-refractivity contribution >= 4 is 75.8 Å². The van der Waals surface area contributed by atoms with Gasteiger partial charge in [0, 0.05) is 16.2 Å². The molecule has 0 aliphatic rings. The van der Waals surface area contributed by atoms with Crippen molar-refractivity contribution in [3.8, 4) is 33.4 Å². The van der Waals surface area contributed by atoms with E-state index >= 15 is 0 Å². The summed E-state index contributed by atoms with van der Waals surface area (Å²) < 4.78 is 80.5. The van der Waals surface area contributed by atoms with Crippen LogP contribution >= 0.6 is 0 Å². The SMILES string of the molecule is [2H]c1c([2H])c([2H])c2c(-c3cccc4oc5c6ccccc6ccc5c34)c3c([2H])c([2H])c([2H])c([2H])c3c(-c3cccc(-c4cccc5c4ccc4ccccc45)c3)c2c1[2H]. The lowest BCUT2D eigenvalue weighted by molar-refractivity contribution is 0.673. The van der Waals surface area contributed by atoms with Gasteiger partial charge in [0.1, 0.15) is 11.2 Å². The standard InChI is InChI=1S/C50H30O/c1-3-16-35-31(12-1)26-28-39-36(22-10-23-38(35)39)33-14-9-15-34(30-33)47-40-18-5-7-20-42(40)48(43-21-8-6-19-41(43)47)44-24-11-25-46-49(44)45-29-27-32-13-2-4-17-37(32)50(45)51-46/h1-30H/i5D,6D,7D,8D,18D,19D,20D,21D. The molecule has 1 nitrogen and oxygen atoms in total. The molecule has 0 unspecified atom stereocenters. The minimum atomic E-state index is -0.443. The fourth-order valence-electron chi connectivity index (χ4n) is 8.08. The van der Waals surface area contributed by atoms with Gasteiger partial charge in [0.2, 0.25) is 0 Å². The van der Waals surface area contributed by atoms with Crippen molar-refractivity contribution in [2.75, 3.05) is 0 Å². The molecule has 0 radical (unpaired) electrons. The molecule has 0 fully saturated rings. The fourth-order valence-corrected chi connectivity index (χ4v) is 8.08. The average Bonchev–Trinajstić information content (AvgIpc) is 3.67. The van der Waals surface area contributed by atoms with Crippen molar-refractivity contribution < 1.29 is 15.4 Å². The van der Waals surface area contributed by atoms with Crippen LogP contribution in [0.2, 0.25) is 0 Å². The zero-order valence-electron chi connectivity index (χ0n) is 35.1. The molecule has 0 N–H and O–H groups in total. The third kappa shape index (κ3) is 4.16. The highest BCUT2D eigenvalue weighted by Crippen LogP contribution is 2.48. The van der Waals surface area contributed by atoms with Gasteiger partial charge in [0.05, 0.1) is 11.0 Å². The zero-order valence-corrected chi connectivity index (χ0v) is 27.1. The molecule has 236 valence electrons. The third-order valence-corrected chi connectivity index (χ3v) is 10.3. The molecule has 1 heterocycles. The summed E-state index contributed by atoms with van der Waals surface area (Å²) in [4.78, 5) is 0. The van der Waals surface area contributed by atoms with Gasteiger partial charge in [-0.05, 0) is 100 Å². The van der Waals surface area contributed by atoms with Gasteiger partial charge in [0.25, 0.3) is 0 Å². The predicted octanol–water partition coefficient (Wildman–Crippen LogP) is 14.4. The molecule has 0 aliphatic heterocycles. The fraction of sp³-hybridized carbons (Fsp3) is 0. The molecule has 0 atom stereocenters. The third-order valence-electron chi connectivity index (χ3n) is 10.3. The van der Waals surface area contributed by atoms with Crippen LogP contribution in [-0.4, -0.2) is 0 Å². The summed E-state index contributed by atoms with van der Waals surface area (Å²) in [5.74, 6) is 0. The van der Waals surface area contributed by atoms with Crippen LogP contribution in [0, 0.1) is 0 Å². The van der Waals surface area contributed by atoms with Crippen LogP contribution in [0.5, 0.6) is 0 Å². The van der Waals surface area contributed by atoms with E-state index in [4.69, 9.17) is 9.90 Å². The second-order valence-electron chi connectivity index (χ2n) is 13.0. The Morgan fingerprint density at radius 2 is 0.941 bits per heavy atom. The summed E-state index contributed by atoms with van der Waals surface area (Å²) in [5.41, 5.74) is 4.67. The molecule has 0 saturated heterocycles. The van der Waals surface area contributed by atoms with Crippen LogP contribution < -0.4 is 0 Å². The molecule has 11 rings (SSSR count). The van der Waals surface area contributed by atoms with Gasteiger partial charge >= 0.3 is 0 Å². The van der Waals surface area contributed by atoms with Crippen molar-refractivity contribution in [2.45, 2.75) is 0 Å². The minimum absolute atomic E-state index is 0.160.